The average Bonchev–Trinajstić information content (AvgIpc) is 2.98. The number of nitrogens with one attached hydrogen (secondary N) is 1. The number of hydrogen-bond donors (Lipinski definition) is 1. The van der Waals surface area contributed by atoms with Gasteiger partial charge >= 0.3 is 12.1 Å². The second kappa shape index (κ2) is 10.4. The number of alkyl halides is 1. The molecule has 2 aliphatic rings. The van der Waals surface area contributed by atoms with Crippen LogP contribution in [-0.2, 0) is 33.5 Å². The molecule has 2 rings (SSSR count). The number of hydrogen-bond acceptors (Lipinski definition) is 8. The van der Waals surface area contributed by atoms with E-state index in [4.69, 9.17) is 9.47 Å². The molecule has 0 aromatic rings. The quantitative estimate of drug-likeness (QED) is 0.260. The minimum Gasteiger partial charge on any atom is -0.425 e. The van der Waals surface area contributed by atoms with Crippen LogP contribution in [0.25, 0.3) is 0 Å². The number of ether oxygens (including phenoxy) is 2. The average molecular weight is 463 g/mol. The molecule has 0 bridgehead atoms. The standard InChI is InChI=1S/C17H23BrN2O8/c1-10(27-17(25)28-20-14(22)6-7-15(20)23)26-16(24)12-4-2-11(3-5-12)9-19-13(21)8-18/h10-12H,2-9H2,1H3,(H,19,21). The molecule has 28 heavy (non-hydrogen) atoms. The van der Waals surface area contributed by atoms with Crippen LogP contribution in [0.3, 0.4) is 0 Å². The SMILES string of the molecule is CC(OC(=O)ON1C(=O)CCC1=O)OC(=O)C1CCC(CNC(=O)CBr)CC1. The summed E-state index contributed by atoms with van der Waals surface area (Å²) in [6.45, 7) is 1.92. The first-order valence-electron chi connectivity index (χ1n) is 9.07. The molecule has 2 fully saturated rings. The third-order valence-electron chi connectivity index (χ3n) is 4.61. The van der Waals surface area contributed by atoms with E-state index < -0.39 is 30.2 Å². The van der Waals surface area contributed by atoms with Gasteiger partial charge in [-0.3, -0.25) is 24.0 Å². The molecule has 0 radical (unpaired) electrons. The maximum atomic E-state index is 12.2. The van der Waals surface area contributed by atoms with Gasteiger partial charge in [-0.15, -0.1) is 0 Å². The molecule has 1 saturated carbocycles. The fourth-order valence-electron chi connectivity index (χ4n) is 3.08. The lowest BCUT2D eigenvalue weighted by molar-refractivity contribution is -0.193. The van der Waals surface area contributed by atoms with Crippen LogP contribution in [0.5, 0.6) is 0 Å². The van der Waals surface area contributed by atoms with Crippen molar-refractivity contribution in [3.05, 3.63) is 0 Å². The summed E-state index contributed by atoms with van der Waals surface area (Å²) in [5.41, 5.74) is 0. The van der Waals surface area contributed by atoms with Crippen LogP contribution in [0.1, 0.15) is 45.4 Å². The number of hydroxylamine groups is 2. The molecule has 0 aromatic heterocycles. The van der Waals surface area contributed by atoms with Gasteiger partial charge in [0.1, 0.15) is 0 Å². The Morgan fingerprint density at radius 1 is 1.11 bits per heavy atom. The molecule has 1 N–H and O–H groups in total. The highest BCUT2D eigenvalue weighted by Crippen LogP contribution is 2.29. The first kappa shape index (κ1) is 22.1. The molecule has 156 valence electrons. The molecule has 3 amide bonds. The van der Waals surface area contributed by atoms with Crippen molar-refractivity contribution in [3.63, 3.8) is 0 Å². The second-order valence-electron chi connectivity index (χ2n) is 6.70. The molecule has 1 aliphatic carbocycles. The van der Waals surface area contributed by atoms with Crippen LogP contribution in [0, 0.1) is 11.8 Å². The number of carbonyl (C=O) groups is 5. The number of nitrogens with zero attached hydrogens (tertiary/aromatic N) is 1. The highest BCUT2D eigenvalue weighted by Gasteiger charge is 2.34. The van der Waals surface area contributed by atoms with E-state index in [2.05, 4.69) is 26.1 Å². The predicted molar refractivity (Wildman–Crippen MR) is 96.5 cm³/mol. The van der Waals surface area contributed by atoms with Crippen LogP contribution in [0.2, 0.25) is 0 Å². The van der Waals surface area contributed by atoms with E-state index in [0.29, 0.717) is 30.4 Å². The molecule has 1 heterocycles. The maximum absolute atomic E-state index is 12.2. The summed E-state index contributed by atoms with van der Waals surface area (Å²) in [5, 5.41) is 3.42. The van der Waals surface area contributed by atoms with Crippen molar-refractivity contribution in [2.24, 2.45) is 11.8 Å². The number of esters is 1. The normalized spacial score (nSPS) is 23.1. The molecule has 11 heteroatoms. The highest BCUT2D eigenvalue weighted by molar-refractivity contribution is 9.09. The fourth-order valence-corrected chi connectivity index (χ4v) is 3.28. The minimum absolute atomic E-state index is 0.0287. The predicted octanol–water partition coefficient (Wildman–Crippen LogP) is 1.41. The van der Waals surface area contributed by atoms with Gasteiger partial charge in [0.15, 0.2) is 0 Å². The van der Waals surface area contributed by atoms with Gasteiger partial charge in [0, 0.05) is 26.3 Å². The Hall–Kier alpha value is -2.17. The summed E-state index contributed by atoms with van der Waals surface area (Å²) in [7, 11) is 0. The van der Waals surface area contributed by atoms with E-state index >= 15 is 0 Å². The van der Waals surface area contributed by atoms with Crippen molar-refractivity contribution in [2.75, 3.05) is 11.9 Å². The third-order valence-corrected chi connectivity index (χ3v) is 5.11. The molecule has 1 unspecified atom stereocenters. The lowest BCUT2D eigenvalue weighted by atomic mass is 9.82. The highest BCUT2D eigenvalue weighted by atomic mass is 79.9. The molecular weight excluding hydrogens is 440 g/mol. The number of amides is 3. The molecule has 1 atom stereocenters. The smallest absolute Gasteiger partial charge is 0.425 e. The van der Waals surface area contributed by atoms with Crippen molar-refractivity contribution < 1.29 is 38.3 Å². The van der Waals surface area contributed by atoms with E-state index in [1.807, 2.05) is 0 Å². The Morgan fingerprint density at radius 2 is 1.71 bits per heavy atom. The lowest BCUT2D eigenvalue weighted by Gasteiger charge is -2.28. The van der Waals surface area contributed by atoms with Crippen LogP contribution in [-0.4, -0.2) is 53.1 Å². The molecular formula is C17H23BrN2O8. The Morgan fingerprint density at radius 3 is 2.29 bits per heavy atom. The number of halogens is 1. The van der Waals surface area contributed by atoms with E-state index in [9.17, 15) is 24.0 Å². The molecule has 0 aromatic carbocycles. The van der Waals surface area contributed by atoms with Gasteiger partial charge in [-0.05, 0) is 31.6 Å². The summed E-state index contributed by atoms with van der Waals surface area (Å²) in [6, 6.07) is 0. The molecule has 1 saturated heterocycles. The van der Waals surface area contributed by atoms with Crippen molar-refractivity contribution >= 4 is 45.8 Å². The third kappa shape index (κ3) is 6.47. The van der Waals surface area contributed by atoms with E-state index in [1.54, 1.807) is 0 Å². The monoisotopic (exact) mass is 462 g/mol. The second-order valence-corrected chi connectivity index (χ2v) is 7.26. The summed E-state index contributed by atoms with van der Waals surface area (Å²) in [4.78, 5) is 62.4. The Balaban J connectivity index is 1.68. The zero-order valence-electron chi connectivity index (χ0n) is 15.5. The lowest BCUT2D eigenvalue weighted by Crippen LogP contribution is -2.35. The van der Waals surface area contributed by atoms with Crippen molar-refractivity contribution in [1.82, 2.24) is 10.4 Å². The first-order valence-corrected chi connectivity index (χ1v) is 10.2. The first-order chi connectivity index (χ1) is 13.3. The van der Waals surface area contributed by atoms with Gasteiger partial charge in [-0.25, -0.2) is 4.79 Å². The summed E-state index contributed by atoms with van der Waals surface area (Å²) < 4.78 is 9.87. The summed E-state index contributed by atoms with van der Waals surface area (Å²) >= 11 is 3.08. The topological polar surface area (TPSA) is 128 Å². The Kier molecular flexibility index (Phi) is 8.21. The van der Waals surface area contributed by atoms with Gasteiger partial charge in [0.05, 0.1) is 11.2 Å². The molecule has 0 spiro atoms. The number of carbonyl (C=O) groups excluding carboxylic acids is 5. The molecule has 10 nitrogen and oxygen atoms in total. The number of imide groups is 1. The van der Waals surface area contributed by atoms with E-state index in [1.165, 1.54) is 6.92 Å². The van der Waals surface area contributed by atoms with Crippen LogP contribution < -0.4 is 5.32 Å². The summed E-state index contributed by atoms with van der Waals surface area (Å²) in [5.74, 6) is -1.82. The summed E-state index contributed by atoms with van der Waals surface area (Å²) in [6.07, 6.45) is 0.206. The van der Waals surface area contributed by atoms with Gasteiger partial charge in [0.25, 0.3) is 11.8 Å². The van der Waals surface area contributed by atoms with Crippen LogP contribution in [0.15, 0.2) is 0 Å². The van der Waals surface area contributed by atoms with Crippen molar-refractivity contribution in [2.45, 2.75) is 51.7 Å². The Bertz CT molecular complexity index is 617. The fraction of sp³-hybridized carbons (Fsp3) is 0.706. The van der Waals surface area contributed by atoms with Crippen molar-refractivity contribution in [1.29, 1.82) is 0 Å². The largest absolute Gasteiger partial charge is 0.537 e. The number of rotatable bonds is 7. The van der Waals surface area contributed by atoms with Gasteiger partial charge in [-0.2, -0.15) is 0 Å². The van der Waals surface area contributed by atoms with Crippen LogP contribution in [0.4, 0.5) is 4.79 Å². The van der Waals surface area contributed by atoms with E-state index in [-0.39, 0.29) is 30.0 Å². The Labute approximate surface area is 170 Å². The van der Waals surface area contributed by atoms with Gasteiger partial charge in [0.2, 0.25) is 12.2 Å². The minimum atomic E-state index is -1.30. The van der Waals surface area contributed by atoms with Gasteiger partial charge < -0.3 is 14.8 Å². The maximum Gasteiger partial charge on any atom is 0.537 e. The van der Waals surface area contributed by atoms with Crippen molar-refractivity contribution in [3.8, 4) is 0 Å². The van der Waals surface area contributed by atoms with Crippen LogP contribution >= 0.6 is 15.9 Å². The zero-order valence-corrected chi connectivity index (χ0v) is 17.1. The zero-order chi connectivity index (χ0) is 20.7. The van der Waals surface area contributed by atoms with E-state index in [0.717, 1.165) is 12.8 Å². The molecule has 1 aliphatic heterocycles. The van der Waals surface area contributed by atoms with Gasteiger partial charge in [-0.1, -0.05) is 21.0 Å².